The molecular weight excluding hydrogens is 407 g/mol. The summed E-state index contributed by atoms with van der Waals surface area (Å²) in [5, 5.41) is 17.1. The number of nitrogens with one attached hydrogen (secondary N) is 1. The summed E-state index contributed by atoms with van der Waals surface area (Å²) in [7, 11) is 0. The average Bonchev–Trinajstić information content (AvgIpc) is 3.14. The predicted octanol–water partition coefficient (Wildman–Crippen LogP) is 2.73. The van der Waals surface area contributed by atoms with E-state index in [0.29, 0.717) is 19.0 Å². The second-order valence-corrected chi connectivity index (χ2v) is 5.79. The van der Waals surface area contributed by atoms with Crippen LogP contribution in [0.4, 0.5) is 0 Å². The quantitative estimate of drug-likeness (QED) is 0.408. The Morgan fingerprint density at radius 2 is 2.22 bits per heavy atom. The topological polar surface area (TPSA) is 73.9 Å². The molecule has 1 aromatic rings. The molecule has 1 saturated heterocycles. The van der Waals surface area contributed by atoms with Crippen molar-refractivity contribution in [1.29, 1.82) is 0 Å². The lowest BCUT2D eigenvalue weighted by Crippen LogP contribution is -2.40. The lowest BCUT2D eigenvalue weighted by Gasteiger charge is -2.20. The molecule has 0 bridgehead atoms. The highest BCUT2D eigenvalue weighted by atomic mass is 127. The Balaban J connectivity index is 0.00000264. The SMILES string of the molecule is CCNC(=NCc1cc(C(CC)CC)no1)N1CC[C@@H](O)C1.I. The molecule has 1 atom stereocenters. The molecule has 0 spiro atoms. The van der Waals surface area contributed by atoms with Crippen LogP contribution >= 0.6 is 24.0 Å². The van der Waals surface area contributed by atoms with E-state index in [2.05, 4.69) is 34.2 Å². The maximum absolute atomic E-state index is 9.67. The predicted molar refractivity (Wildman–Crippen MR) is 102 cm³/mol. The van der Waals surface area contributed by atoms with Crippen LogP contribution in [0.1, 0.15) is 57.4 Å². The van der Waals surface area contributed by atoms with Gasteiger partial charge in [0.25, 0.3) is 0 Å². The summed E-state index contributed by atoms with van der Waals surface area (Å²) in [6.07, 6.45) is 2.68. The first-order valence-corrected chi connectivity index (χ1v) is 8.34. The van der Waals surface area contributed by atoms with Gasteiger partial charge in [0.2, 0.25) is 0 Å². The first-order chi connectivity index (χ1) is 10.7. The highest BCUT2D eigenvalue weighted by Gasteiger charge is 2.23. The third-order valence-electron chi connectivity index (χ3n) is 4.16. The minimum absolute atomic E-state index is 0. The number of nitrogens with zero attached hydrogens (tertiary/aromatic N) is 3. The number of rotatable bonds is 6. The normalized spacial score (nSPS) is 18.4. The number of halogens is 1. The van der Waals surface area contributed by atoms with Crippen molar-refractivity contribution in [2.24, 2.45) is 4.99 Å². The highest BCUT2D eigenvalue weighted by molar-refractivity contribution is 14.0. The number of hydrogen-bond donors (Lipinski definition) is 2. The Bertz CT molecular complexity index is 488. The van der Waals surface area contributed by atoms with Gasteiger partial charge in [0.05, 0.1) is 11.8 Å². The molecule has 2 heterocycles. The molecule has 1 aromatic heterocycles. The second kappa shape index (κ2) is 10.1. The largest absolute Gasteiger partial charge is 0.391 e. The third kappa shape index (κ3) is 5.63. The molecule has 23 heavy (non-hydrogen) atoms. The zero-order chi connectivity index (χ0) is 15.9. The number of aliphatic imine (C=N–C) groups is 1. The number of β-amino-alcohol motifs (C(OH)–C–C–N with tert-alkyl or cyclic N) is 1. The van der Waals surface area contributed by atoms with Gasteiger partial charge in [-0.2, -0.15) is 0 Å². The summed E-state index contributed by atoms with van der Waals surface area (Å²) in [5.41, 5.74) is 1.02. The van der Waals surface area contributed by atoms with Gasteiger partial charge in [-0.25, -0.2) is 4.99 Å². The van der Waals surface area contributed by atoms with E-state index in [0.717, 1.165) is 49.8 Å². The van der Waals surface area contributed by atoms with Crippen molar-refractivity contribution in [2.75, 3.05) is 19.6 Å². The van der Waals surface area contributed by atoms with E-state index >= 15 is 0 Å². The van der Waals surface area contributed by atoms with Crippen LogP contribution in [-0.4, -0.2) is 46.9 Å². The molecule has 0 saturated carbocycles. The molecule has 0 aliphatic carbocycles. The van der Waals surface area contributed by atoms with Gasteiger partial charge in [-0.05, 0) is 26.2 Å². The van der Waals surface area contributed by atoms with E-state index in [9.17, 15) is 5.11 Å². The van der Waals surface area contributed by atoms with E-state index in [-0.39, 0.29) is 30.1 Å². The van der Waals surface area contributed by atoms with E-state index in [4.69, 9.17) is 4.52 Å². The third-order valence-corrected chi connectivity index (χ3v) is 4.16. The van der Waals surface area contributed by atoms with E-state index in [1.165, 1.54) is 0 Å². The number of aliphatic hydroxyl groups excluding tert-OH is 1. The van der Waals surface area contributed by atoms with Crippen LogP contribution in [0.3, 0.4) is 0 Å². The first kappa shape index (κ1) is 20.2. The molecule has 6 nitrogen and oxygen atoms in total. The summed E-state index contributed by atoms with van der Waals surface area (Å²) in [5.74, 6) is 2.08. The monoisotopic (exact) mass is 436 g/mol. The summed E-state index contributed by atoms with van der Waals surface area (Å²) < 4.78 is 5.41. The standard InChI is InChI=1S/C16H28N4O2.HI/c1-4-12(5-2)15-9-14(22-19-15)10-18-16(17-6-3)20-8-7-13(21)11-20;/h9,12-13,21H,4-8,10-11H2,1-3H3,(H,17,18);1H/t13-;/m1./s1. The van der Waals surface area contributed by atoms with Crippen LogP contribution in [0.15, 0.2) is 15.6 Å². The molecule has 1 aliphatic rings. The molecule has 7 heteroatoms. The number of hydrogen-bond acceptors (Lipinski definition) is 4. The number of guanidine groups is 1. The molecule has 2 rings (SSSR count). The van der Waals surface area contributed by atoms with E-state index in [1.807, 2.05) is 13.0 Å². The summed E-state index contributed by atoms with van der Waals surface area (Å²) in [4.78, 5) is 6.70. The van der Waals surface area contributed by atoms with Gasteiger partial charge in [0.15, 0.2) is 11.7 Å². The molecule has 1 aliphatic heterocycles. The van der Waals surface area contributed by atoms with Crippen molar-refractivity contribution in [3.8, 4) is 0 Å². The van der Waals surface area contributed by atoms with Gasteiger partial charge in [-0.1, -0.05) is 19.0 Å². The zero-order valence-corrected chi connectivity index (χ0v) is 16.6. The van der Waals surface area contributed by atoms with Crippen LogP contribution in [-0.2, 0) is 6.54 Å². The number of aromatic nitrogens is 1. The molecule has 0 radical (unpaired) electrons. The molecule has 1 fully saturated rings. The first-order valence-electron chi connectivity index (χ1n) is 8.34. The van der Waals surface area contributed by atoms with Crippen molar-refractivity contribution in [3.05, 3.63) is 17.5 Å². The maximum atomic E-state index is 9.67. The molecule has 2 N–H and O–H groups in total. The minimum atomic E-state index is -0.254. The highest BCUT2D eigenvalue weighted by Crippen LogP contribution is 2.22. The van der Waals surface area contributed by atoms with Gasteiger partial charge in [0.1, 0.15) is 6.54 Å². The second-order valence-electron chi connectivity index (χ2n) is 5.79. The van der Waals surface area contributed by atoms with Gasteiger partial charge in [-0.3, -0.25) is 0 Å². The van der Waals surface area contributed by atoms with Gasteiger partial charge < -0.3 is 19.8 Å². The zero-order valence-electron chi connectivity index (χ0n) is 14.3. The summed E-state index contributed by atoms with van der Waals surface area (Å²) in [6.45, 7) is 9.14. The molecular formula is C16H29IN4O2. The average molecular weight is 436 g/mol. The fraction of sp³-hybridized carbons (Fsp3) is 0.750. The smallest absolute Gasteiger partial charge is 0.194 e. The van der Waals surface area contributed by atoms with Crippen molar-refractivity contribution in [1.82, 2.24) is 15.4 Å². The van der Waals surface area contributed by atoms with Crippen LogP contribution in [0.25, 0.3) is 0 Å². The minimum Gasteiger partial charge on any atom is -0.391 e. The maximum Gasteiger partial charge on any atom is 0.194 e. The van der Waals surface area contributed by atoms with Crippen molar-refractivity contribution in [2.45, 2.75) is 58.6 Å². The molecule has 132 valence electrons. The number of aliphatic hydroxyl groups is 1. The lowest BCUT2D eigenvalue weighted by atomic mass is 9.99. The van der Waals surface area contributed by atoms with Crippen LogP contribution in [0, 0.1) is 0 Å². The number of likely N-dealkylation sites (tertiary alicyclic amines) is 1. The molecule has 0 amide bonds. The fourth-order valence-electron chi connectivity index (χ4n) is 2.82. The van der Waals surface area contributed by atoms with Crippen molar-refractivity contribution in [3.63, 3.8) is 0 Å². The Kier molecular flexibility index (Phi) is 8.90. The van der Waals surface area contributed by atoms with E-state index in [1.54, 1.807) is 0 Å². The Morgan fingerprint density at radius 1 is 1.48 bits per heavy atom. The van der Waals surface area contributed by atoms with Gasteiger partial charge in [-0.15, -0.1) is 24.0 Å². The molecule has 0 aromatic carbocycles. The van der Waals surface area contributed by atoms with Crippen LogP contribution in [0.2, 0.25) is 0 Å². The summed E-state index contributed by atoms with van der Waals surface area (Å²) >= 11 is 0. The Labute approximate surface area is 155 Å². The van der Waals surface area contributed by atoms with Crippen molar-refractivity contribution < 1.29 is 9.63 Å². The van der Waals surface area contributed by atoms with Crippen LogP contribution < -0.4 is 5.32 Å². The van der Waals surface area contributed by atoms with E-state index < -0.39 is 0 Å². The fourth-order valence-corrected chi connectivity index (χ4v) is 2.82. The summed E-state index contributed by atoms with van der Waals surface area (Å²) in [6, 6.07) is 2.02. The van der Waals surface area contributed by atoms with Crippen LogP contribution in [0.5, 0.6) is 0 Å². The molecule has 0 unspecified atom stereocenters. The Hall–Kier alpha value is -0.830. The van der Waals surface area contributed by atoms with Gasteiger partial charge >= 0.3 is 0 Å². The van der Waals surface area contributed by atoms with Crippen molar-refractivity contribution >= 4 is 29.9 Å². The Morgan fingerprint density at radius 3 is 2.78 bits per heavy atom. The lowest BCUT2D eigenvalue weighted by molar-refractivity contribution is 0.187. The van der Waals surface area contributed by atoms with Gasteiger partial charge in [0, 0.05) is 31.6 Å².